The number of aryl methyl sites for hydroxylation is 1. The van der Waals surface area contributed by atoms with Gasteiger partial charge in [-0.05, 0) is 43.0 Å². The zero-order chi connectivity index (χ0) is 21.7. The van der Waals surface area contributed by atoms with Crippen LogP contribution in [0.25, 0.3) is 0 Å². The molecule has 0 N–H and O–H groups in total. The van der Waals surface area contributed by atoms with Crippen LogP contribution in [0, 0.1) is 12.3 Å². The molecule has 30 heavy (non-hydrogen) atoms. The van der Waals surface area contributed by atoms with Crippen molar-refractivity contribution in [3.05, 3.63) is 53.5 Å². The first-order valence-electron chi connectivity index (χ1n) is 10.3. The molecule has 2 aromatic heterocycles. The van der Waals surface area contributed by atoms with Gasteiger partial charge in [-0.3, -0.25) is 9.78 Å². The molecule has 0 aliphatic carbocycles. The van der Waals surface area contributed by atoms with Crippen molar-refractivity contribution in [2.75, 3.05) is 37.7 Å². The standard InChI is InChI=1S/C23H30N4O3/c1-17-18(8-6-11-24-17)21(28)19-9-5-10-20(25-19)26-12-7-13-27(15-14-26)22(29)30-16-23(2,3)4/h5-6,8-11H,7,12-16H2,1-4H3. The van der Waals surface area contributed by atoms with Crippen LogP contribution in [0.1, 0.15) is 48.9 Å². The van der Waals surface area contributed by atoms with Gasteiger partial charge in [-0.1, -0.05) is 26.8 Å². The Bertz CT molecular complexity index is 907. The predicted octanol–water partition coefficient (Wildman–Crippen LogP) is 3.71. The lowest BCUT2D eigenvalue weighted by Crippen LogP contribution is -2.37. The Morgan fingerprint density at radius 2 is 1.87 bits per heavy atom. The smallest absolute Gasteiger partial charge is 0.409 e. The quantitative estimate of drug-likeness (QED) is 0.715. The largest absolute Gasteiger partial charge is 0.449 e. The molecule has 1 aliphatic rings. The van der Waals surface area contributed by atoms with Crippen LogP contribution in [0.4, 0.5) is 10.6 Å². The van der Waals surface area contributed by atoms with Crippen LogP contribution in [0.15, 0.2) is 36.5 Å². The molecule has 0 saturated carbocycles. The van der Waals surface area contributed by atoms with Gasteiger partial charge in [0.2, 0.25) is 5.78 Å². The number of anilines is 1. The van der Waals surface area contributed by atoms with Gasteiger partial charge in [0.1, 0.15) is 11.5 Å². The summed E-state index contributed by atoms with van der Waals surface area (Å²) in [7, 11) is 0. The molecular weight excluding hydrogens is 380 g/mol. The molecule has 1 saturated heterocycles. The Morgan fingerprint density at radius 1 is 1.07 bits per heavy atom. The molecule has 0 aromatic carbocycles. The Morgan fingerprint density at radius 3 is 2.60 bits per heavy atom. The maximum Gasteiger partial charge on any atom is 0.409 e. The van der Waals surface area contributed by atoms with Gasteiger partial charge in [-0.15, -0.1) is 0 Å². The van der Waals surface area contributed by atoms with Crippen LogP contribution in [0.3, 0.4) is 0 Å². The molecule has 1 fully saturated rings. The average Bonchev–Trinajstić information content (AvgIpc) is 2.98. The molecule has 0 unspecified atom stereocenters. The minimum atomic E-state index is -0.268. The number of carbonyl (C=O) groups excluding carboxylic acids is 2. The average molecular weight is 411 g/mol. The van der Waals surface area contributed by atoms with E-state index >= 15 is 0 Å². The molecule has 0 spiro atoms. The lowest BCUT2D eigenvalue weighted by Gasteiger charge is -2.24. The highest BCUT2D eigenvalue weighted by molar-refractivity contribution is 6.08. The topological polar surface area (TPSA) is 75.6 Å². The van der Waals surface area contributed by atoms with Crippen molar-refractivity contribution < 1.29 is 14.3 Å². The molecule has 1 aliphatic heterocycles. The monoisotopic (exact) mass is 410 g/mol. The molecule has 3 heterocycles. The van der Waals surface area contributed by atoms with E-state index in [-0.39, 0.29) is 17.3 Å². The zero-order valence-corrected chi connectivity index (χ0v) is 18.2. The minimum Gasteiger partial charge on any atom is -0.449 e. The molecular formula is C23H30N4O3. The minimum absolute atomic E-state index is 0.0585. The van der Waals surface area contributed by atoms with Gasteiger partial charge in [-0.25, -0.2) is 9.78 Å². The number of pyridine rings is 2. The molecule has 0 atom stereocenters. The second-order valence-corrected chi connectivity index (χ2v) is 8.79. The van der Waals surface area contributed by atoms with Gasteiger partial charge in [0.25, 0.3) is 0 Å². The number of hydrogen-bond donors (Lipinski definition) is 0. The summed E-state index contributed by atoms with van der Waals surface area (Å²) in [6.45, 7) is 10.9. The predicted molar refractivity (Wildman–Crippen MR) is 116 cm³/mol. The summed E-state index contributed by atoms with van der Waals surface area (Å²) >= 11 is 0. The van der Waals surface area contributed by atoms with Gasteiger partial charge in [-0.2, -0.15) is 0 Å². The lowest BCUT2D eigenvalue weighted by molar-refractivity contribution is 0.0740. The van der Waals surface area contributed by atoms with Crippen molar-refractivity contribution in [3.8, 4) is 0 Å². The van der Waals surface area contributed by atoms with Gasteiger partial charge in [0, 0.05) is 43.6 Å². The molecule has 160 valence electrons. The molecule has 0 bridgehead atoms. The van der Waals surface area contributed by atoms with Crippen molar-refractivity contribution in [2.45, 2.75) is 34.1 Å². The third kappa shape index (κ3) is 5.55. The third-order valence-corrected chi connectivity index (χ3v) is 4.93. The van der Waals surface area contributed by atoms with Crippen molar-refractivity contribution in [3.63, 3.8) is 0 Å². The second-order valence-electron chi connectivity index (χ2n) is 8.79. The fourth-order valence-electron chi connectivity index (χ4n) is 3.29. The first-order chi connectivity index (χ1) is 14.2. The molecule has 3 rings (SSSR count). The first kappa shape index (κ1) is 21.7. The van der Waals surface area contributed by atoms with Crippen molar-refractivity contribution in [1.82, 2.24) is 14.9 Å². The van der Waals surface area contributed by atoms with Crippen LogP contribution in [-0.2, 0) is 4.74 Å². The summed E-state index contributed by atoms with van der Waals surface area (Å²) in [4.78, 5) is 37.9. The molecule has 7 heteroatoms. The van der Waals surface area contributed by atoms with E-state index < -0.39 is 0 Å². The van der Waals surface area contributed by atoms with Crippen molar-refractivity contribution in [2.24, 2.45) is 5.41 Å². The fraction of sp³-hybridized carbons (Fsp3) is 0.478. The van der Waals surface area contributed by atoms with E-state index in [0.29, 0.717) is 43.2 Å². The summed E-state index contributed by atoms with van der Waals surface area (Å²) in [6.07, 6.45) is 2.22. The first-order valence-corrected chi connectivity index (χ1v) is 10.3. The van der Waals surface area contributed by atoms with E-state index in [1.54, 1.807) is 29.3 Å². The molecule has 2 aromatic rings. The molecule has 7 nitrogen and oxygen atoms in total. The number of rotatable bonds is 4. The second kappa shape index (κ2) is 9.24. The Labute approximate surface area is 178 Å². The number of carbonyl (C=O) groups is 2. The van der Waals surface area contributed by atoms with E-state index in [0.717, 1.165) is 18.8 Å². The number of ketones is 1. The Balaban J connectivity index is 1.67. The normalized spacial score (nSPS) is 14.9. The number of aromatic nitrogens is 2. The molecule has 0 radical (unpaired) electrons. The Hall–Kier alpha value is -2.96. The maximum atomic E-state index is 12.9. The summed E-state index contributed by atoms with van der Waals surface area (Å²) in [5.41, 5.74) is 1.59. The SMILES string of the molecule is Cc1ncccc1C(=O)c1cccc(N2CCCN(C(=O)OCC(C)(C)C)CC2)n1. The lowest BCUT2D eigenvalue weighted by atomic mass is 9.99. The number of ether oxygens (including phenoxy) is 1. The zero-order valence-electron chi connectivity index (χ0n) is 18.2. The van der Waals surface area contributed by atoms with E-state index in [1.807, 2.05) is 39.8 Å². The Kier molecular flexibility index (Phi) is 6.70. The van der Waals surface area contributed by atoms with E-state index in [4.69, 9.17) is 4.74 Å². The van der Waals surface area contributed by atoms with Crippen LogP contribution >= 0.6 is 0 Å². The van der Waals surface area contributed by atoms with Crippen LogP contribution in [-0.4, -0.2) is 59.5 Å². The fourth-order valence-corrected chi connectivity index (χ4v) is 3.29. The van der Waals surface area contributed by atoms with Gasteiger partial charge in [0.05, 0.1) is 6.61 Å². The van der Waals surface area contributed by atoms with E-state index in [1.165, 1.54) is 0 Å². The highest BCUT2D eigenvalue weighted by Gasteiger charge is 2.23. The van der Waals surface area contributed by atoms with Crippen LogP contribution < -0.4 is 4.90 Å². The van der Waals surface area contributed by atoms with Gasteiger partial charge < -0.3 is 14.5 Å². The number of amides is 1. The maximum absolute atomic E-state index is 12.9. The van der Waals surface area contributed by atoms with Crippen LogP contribution in [0.5, 0.6) is 0 Å². The van der Waals surface area contributed by atoms with Crippen molar-refractivity contribution in [1.29, 1.82) is 0 Å². The number of hydrogen-bond acceptors (Lipinski definition) is 6. The third-order valence-electron chi connectivity index (χ3n) is 4.93. The highest BCUT2D eigenvalue weighted by Crippen LogP contribution is 2.18. The highest BCUT2D eigenvalue weighted by atomic mass is 16.6. The number of nitrogens with zero attached hydrogens (tertiary/aromatic N) is 4. The summed E-state index contributed by atoms with van der Waals surface area (Å²) in [5.74, 6) is 0.608. The van der Waals surface area contributed by atoms with Crippen molar-refractivity contribution >= 4 is 17.7 Å². The summed E-state index contributed by atoms with van der Waals surface area (Å²) in [6, 6.07) is 9.01. The van der Waals surface area contributed by atoms with Gasteiger partial charge in [0.15, 0.2) is 0 Å². The van der Waals surface area contributed by atoms with E-state index in [2.05, 4.69) is 14.9 Å². The molecule has 1 amide bonds. The summed E-state index contributed by atoms with van der Waals surface area (Å²) < 4.78 is 5.46. The summed E-state index contributed by atoms with van der Waals surface area (Å²) in [5, 5.41) is 0. The van der Waals surface area contributed by atoms with Crippen LogP contribution in [0.2, 0.25) is 0 Å². The van der Waals surface area contributed by atoms with Gasteiger partial charge >= 0.3 is 6.09 Å². The van der Waals surface area contributed by atoms with E-state index in [9.17, 15) is 9.59 Å².